The molecule has 0 atom stereocenters. The molecule has 0 radical (unpaired) electrons. The van der Waals surface area contributed by atoms with Crippen molar-refractivity contribution in [3.8, 4) is 5.75 Å². The minimum atomic E-state index is -0.530. The molecule has 24 heavy (non-hydrogen) atoms. The number of aromatic hydroxyl groups is 1. The van der Waals surface area contributed by atoms with E-state index in [1.165, 1.54) is 12.1 Å². The topological polar surface area (TPSA) is 74.7 Å². The molecule has 1 heterocycles. The van der Waals surface area contributed by atoms with Crippen LogP contribution in [-0.4, -0.2) is 33.5 Å². The lowest BCUT2D eigenvalue weighted by atomic mass is 10.1. The van der Waals surface area contributed by atoms with Crippen LogP contribution in [-0.2, 0) is 4.79 Å². The lowest BCUT2D eigenvalue weighted by Gasteiger charge is -2.11. The number of carbonyl (C=O) groups is 3. The fourth-order valence-electron chi connectivity index (χ4n) is 2.25. The third-order valence-electron chi connectivity index (χ3n) is 3.49. The van der Waals surface area contributed by atoms with E-state index in [0.29, 0.717) is 11.1 Å². The van der Waals surface area contributed by atoms with Gasteiger partial charge in [0.05, 0.1) is 11.4 Å². The van der Waals surface area contributed by atoms with Crippen LogP contribution in [0.1, 0.15) is 15.9 Å². The predicted molar refractivity (Wildman–Crippen MR) is 91.6 cm³/mol. The molecule has 0 aliphatic carbocycles. The molecule has 0 unspecified atom stereocenters. The van der Waals surface area contributed by atoms with E-state index in [4.69, 9.17) is 0 Å². The lowest BCUT2D eigenvalue weighted by molar-refractivity contribution is -0.122. The summed E-state index contributed by atoms with van der Waals surface area (Å²) in [6.45, 7) is -0.299. The molecule has 6 heteroatoms. The number of nitrogens with zero attached hydrogens (tertiary/aromatic N) is 1. The van der Waals surface area contributed by atoms with Gasteiger partial charge in [0.1, 0.15) is 5.75 Å². The van der Waals surface area contributed by atoms with Gasteiger partial charge in [0.2, 0.25) is 0 Å². The second-order valence-corrected chi connectivity index (χ2v) is 6.11. The zero-order valence-corrected chi connectivity index (χ0v) is 13.3. The van der Waals surface area contributed by atoms with Crippen molar-refractivity contribution in [2.24, 2.45) is 0 Å². The smallest absolute Gasteiger partial charge is 0.293 e. The number of imide groups is 1. The van der Waals surface area contributed by atoms with E-state index in [9.17, 15) is 19.5 Å². The summed E-state index contributed by atoms with van der Waals surface area (Å²) in [6, 6.07) is 15.0. The van der Waals surface area contributed by atoms with Gasteiger partial charge in [-0.05, 0) is 23.9 Å². The normalized spacial score (nSPS) is 16.0. The van der Waals surface area contributed by atoms with Crippen LogP contribution in [0.5, 0.6) is 5.75 Å². The van der Waals surface area contributed by atoms with E-state index in [-0.39, 0.29) is 23.0 Å². The summed E-state index contributed by atoms with van der Waals surface area (Å²) < 4.78 is 0. The Labute approximate surface area is 142 Å². The Kier molecular flexibility index (Phi) is 4.48. The summed E-state index contributed by atoms with van der Waals surface area (Å²) in [7, 11) is 0. The molecule has 1 aliphatic heterocycles. The van der Waals surface area contributed by atoms with Gasteiger partial charge in [-0.3, -0.25) is 19.3 Å². The fraction of sp³-hybridized carbons (Fsp3) is 0.0556. The van der Waals surface area contributed by atoms with Crippen LogP contribution in [0.15, 0.2) is 59.5 Å². The molecule has 1 aliphatic rings. The van der Waals surface area contributed by atoms with Crippen LogP contribution < -0.4 is 0 Å². The molecular weight excluding hydrogens is 326 g/mol. The maximum atomic E-state index is 12.4. The second kappa shape index (κ2) is 6.72. The number of phenolic OH excluding ortho intramolecular Hbond substituents is 1. The van der Waals surface area contributed by atoms with E-state index in [2.05, 4.69) is 0 Å². The third-order valence-corrected chi connectivity index (χ3v) is 4.40. The van der Waals surface area contributed by atoms with Crippen molar-refractivity contribution in [3.63, 3.8) is 0 Å². The first-order chi connectivity index (χ1) is 11.6. The number of Topliss-reactive ketones (excluding diaryl/α,β-unsaturated/α-hetero) is 1. The summed E-state index contributed by atoms with van der Waals surface area (Å²) in [4.78, 5) is 37.7. The highest BCUT2D eigenvalue weighted by Gasteiger charge is 2.36. The zero-order valence-electron chi connectivity index (χ0n) is 12.5. The van der Waals surface area contributed by atoms with Crippen LogP contribution in [0.4, 0.5) is 4.79 Å². The number of carbonyl (C=O) groups excluding carboxylic acids is 3. The van der Waals surface area contributed by atoms with Crippen molar-refractivity contribution in [2.45, 2.75) is 0 Å². The highest BCUT2D eigenvalue weighted by Crippen LogP contribution is 2.33. The van der Waals surface area contributed by atoms with Crippen LogP contribution in [0.2, 0.25) is 0 Å². The van der Waals surface area contributed by atoms with Gasteiger partial charge in [0.25, 0.3) is 11.1 Å². The first-order valence-electron chi connectivity index (χ1n) is 7.18. The lowest BCUT2D eigenvalue weighted by Crippen LogP contribution is -2.33. The van der Waals surface area contributed by atoms with Gasteiger partial charge in [-0.1, -0.05) is 48.5 Å². The predicted octanol–water partition coefficient (Wildman–Crippen LogP) is 3.31. The first-order valence-corrected chi connectivity index (χ1v) is 7.99. The summed E-state index contributed by atoms with van der Waals surface area (Å²) in [5.74, 6) is -0.816. The van der Waals surface area contributed by atoms with E-state index in [0.717, 1.165) is 16.7 Å². The maximum Gasteiger partial charge on any atom is 0.293 e. The van der Waals surface area contributed by atoms with Crippen LogP contribution in [0.25, 0.3) is 6.08 Å². The molecule has 2 aromatic carbocycles. The molecule has 0 spiro atoms. The molecule has 0 aromatic heterocycles. The SMILES string of the molecule is O=C(CN1C(=O)SC(=Cc2ccccc2O)C1=O)c1ccccc1. The molecule has 5 nitrogen and oxygen atoms in total. The molecule has 1 N–H and O–H groups in total. The second-order valence-electron chi connectivity index (χ2n) is 5.12. The molecule has 2 amide bonds. The standard InChI is InChI=1S/C18H13NO4S/c20-14-9-5-4-8-13(14)10-16-17(22)19(18(23)24-16)11-15(21)12-6-2-1-3-7-12/h1-10,20H,11H2. The van der Waals surface area contributed by atoms with Gasteiger partial charge in [-0.15, -0.1) is 0 Å². The highest BCUT2D eigenvalue weighted by molar-refractivity contribution is 8.18. The molecule has 3 rings (SSSR count). The molecule has 1 fully saturated rings. The Balaban J connectivity index is 1.80. The van der Waals surface area contributed by atoms with Gasteiger partial charge >= 0.3 is 0 Å². The highest BCUT2D eigenvalue weighted by atomic mass is 32.2. The molecule has 1 saturated heterocycles. The largest absolute Gasteiger partial charge is 0.507 e. The Morgan fingerprint density at radius 3 is 2.42 bits per heavy atom. The van der Waals surface area contributed by atoms with Crippen LogP contribution >= 0.6 is 11.8 Å². The van der Waals surface area contributed by atoms with E-state index in [1.54, 1.807) is 48.5 Å². The molecule has 2 aromatic rings. The minimum absolute atomic E-state index is 0.0182. The maximum absolute atomic E-state index is 12.4. The van der Waals surface area contributed by atoms with E-state index in [1.807, 2.05) is 0 Å². The molecular formula is C18H13NO4S. The summed E-state index contributed by atoms with van der Waals surface area (Å²) in [5, 5.41) is 9.27. The van der Waals surface area contributed by atoms with E-state index < -0.39 is 11.1 Å². The van der Waals surface area contributed by atoms with Gasteiger partial charge < -0.3 is 5.11 Å². The zero-order chi connectivity index (χ0) is 17.1. The van der Waals surface area contributed by atoms with Crippen molar-refractivity contribution in [3.05, 3.63) is 70.6 Å². The van der Waals surface area contributed by atoms with E-state index >= 15 is 0 Å². The number of hydrogen-bond donors (Lipinski definition) is 1. The average molecular weight is 339 g/mol. The van der Waals surface area contributed by atoms with Crippen molar-refractivity contribution >= 4 is 34.8 Å². The van der Waals surface area contributed by atoms with Gasteiger partial charge in [-0.2, -0.15) is 0 Å². The number of ketones is 1. The Morgan fingerprint density at radius 2 is 1.71 bits per heavy atom. The number of thioether (sulfide) groups is 1. The summed E-state index contributed by atoms with van der Waals surface area (Å²) >= 11 is 0.758. The Morgan fingerprint density at radius 1 is 1.04 bits per heavy atom. The van der Waals surface area contributed by atoms with Crippen molar-refractivity contribution < 1.29 is 19.5 Å². The third kappa shape index (κ3) is 3.23. The van der Waals surface area contributed by atoms with Crippen molar-refractivity contribution in [1.29, 1.82) is 0 Å². The number of phenols is 1. The van der Waals surface area contributed by atoms with Gasteiger partial charge in [-0.25, -0.2) is 0 Å². The number of amides is 2. The average Bonchev–Trinajstić information content (AvgIpc) is 2.85. The molecule has 120 valence electrons. The van der Waals surface area contributed by atoms with Gasteiger partial charge in [0, 0.05) is 11.1 Å². The Hall–Kier alpha value is -2.86. The minimum Gasteiger partial charge on any atom is -0.507 e. The summed E-state index contributed by atoms with van der Waals surface area (Å²) in [5.41, 5.74) is 0.888. The molecule has 0 bridgehead atoms. The number of rotatable bonds is 4. The quantitative estimate of drug-likeness (QED) is 0.683. The first kappa shape index (κ1) is 16.0. The monoisotopic (exact) mass is 339 g/mol. The van der Waals surface area contributed by atoms with Crippen molar-refractivity contribution in [1.82, 2.24) is 4.90 Å². The number of hydrogen-bond acceptors (Lipinski definition) is 5. The summed E-state index contributed by atoms with van der Waals surface area (Å²) in [6.07, 6.45) is 1.45. The van der Waals surface area contributed by atoms with Gasteiger partial charge in [0.15, 0.2) is 5.78 Å². The number of para-hydroxylation sites is 1. The van der Waals surface area contributed by atoms with Crippen LogP contribution in [0.3, 0.4) is 0 Å². The Bertz CT molecular complexity index is 845. The van der Waals surface area contributed by atoms with Crippen LogP contribution in [0, 0.1) is 0 Å². The fourth-order valence-corrected chi connectivity index (χ4v) is 3.08. The number of benzene rings is 2. The molecule has 0 saturated carbocycles. The van der Waals surface area contributed by atoms with Crippen molar-refractivity contribution in [2.75, 3.05) is 6.54 Å².